The third-order valence-corrected chi connectivity index (χ3v) is 4.28. The molecule has 28 heavy (non-hydrogen) atoms. The second kappa shape index (κ2) is 10.2. The Bertz CT molecular complexity index is 842. The maximum atomic E-state index is 12.6. The van der Waals surface area contributed by atoms with Crippen molar-refractivity contribution in [3.8, 4) is 11.5 Å². The first-order chi connectivity index (χ1) is 13.3. The van der Waals surface area contributed by atoms with Gasteiger partial charge in [-0.05, 0) is 64.0 Å². The monoisotopic (exact) mass is 396 g/mol. The molecule has 1 aliphatic carbocycles. The summed E-state index contributed by atoms with van der Waals surface area (Å²) in [6, 6.07) is 3.91. The zero-order valence-electron chi connectivity index (χ0n) is 17.0. The second-order valence-corrected chi connectivity index (χ2v) is 7.68. The van der Waals surface area contributed by atoms with Crippen LogP contribution in [0.3, 0.4) is 0 Å². The Morgan fingerprint density at radius 1 is 1.18 bits per heavy atom. The number of carbonyl (C=O) groups is 1. The highest BCUT2D eigenvalue weighted by Gasteiger charge is 2.16. The highest BCUT2D eigenvalue weighted by atomic mass is 32.1. The summed E-state index contributed by atoms with van der Waals surface area (Å²) in [6.07, 6.45) is 11.9. The van der Waals surface area contributed by atoms with Crippen molar-refractivity contribution in [3.63, 3.8) is 0 Å². The molecule has 0 aliphatic heterocycles. The van der Waals surface area contributed by atoms with E-state index in [0.29, 0.717) is 24.2 Å². The summed E-state index contributed by atoms with van der Waals surface area (Å²) in [7, 11) is 0. The van der Waals surface area contributed by atoms with Crippen molar-refractivity contribution >= 4 is 28.9 Å². The Morgan fingerprint density at radius 3 is 2.46 bits per heavy atom. The van der Waals surface area contributed by atoms with Crippen LogP contribution in [-0.2, 0) is 11.2 Å². The fourth-order valence-corrected chi connectivity index (χ4v) is 2.95. The molecule has 0 radical (unpaired) electrons. The van der Waals surface area contributed by atoms with Crippen molar-refractivity contribution in [2.45, 2.75) is 52.7 Å². The van der Waals surface area contributed by atoms with Crippen LogP contribution in [0.2, 0.25) is 0 Å². The van der Waals surface area contributed by atoms with Gasteiger partial charge in [-0.1, -0.05) is 36.5 Å². The summed E-state index contributed by atoms with van der Waals surface area (Å²) >= 11 is 5.14. The van der Waals surface area contributed by atoms with Gasteiger partial charge in [0.15, 0.2) is 5.78 Å². The smallest absolute Gasteiger partial charge is 0.185 e. The molecule has 0 saturated heterocycles. The highest BCUT2D eigenvalue weighted by molar-refractivity contribution is 7.80. The van der Waals surface area contributed by atoms with E-state index in [1.165, 1.54) is 0 Å². The molecule has 0 bridgehead atoms. The quantitative estimate of drug-likeness (QED) is 0.299. The average Bonchev–Trinajstić information content (AvgIpc) is 2.63. The van der Waals surface area contributed by atoms with E-state index in [1.807, 2.05) is 58.1 Å². The number of allylic oxidation sites excluding steroid dienone is 6. The molecule has 2 rings (SSSR count). The maximum absolute atomic E-state index is 12.6. The number of rotatable bonds is 9. The van der Waals surface area contributed by atoms with E-state index < -0.39 is 0 Å². The Kier molecular flexibility index (Phi) is 7.94. The lowest BCUT2D eigenvalue weighted by atomic mass is 10.0. The van der Waals surface area contributed by atoms with E-state index in [2.05, 4.69) is 6.58 Å². The Labute approximate surface area is 173 Å². The first-order valence-corrected chi connectivity index (χ1v) is 9.96. The van der Waals surface area contributed by atoms with Crippen molar-refractivity contribution < 1.29 is 14.3 Å². The molecule has 0 amide bonds. The molecule has 3 nitrogen and oxygen atoms in total. The van der Waals surface area contributed by atoms with Gasteiger partial charge in [0, 0.05) is 16.9 Å². The summed E-state index contributed by atoms with van der Waals surface area (Å²) < 4.78 is 12.1. The molecule has 1 aromatic carbocycles. The fraction of sp³-hybridized carbons (Fsp3) is 0.333. The van der Waals surface area contributed by atoms with E-state index >= 15 is 0 Å². The first-order valence-electron chi connectivity index (χ1n) is 9.55. The lowest BCUT2D eigenvalue weighted by Crippen LogP contribution is -2.12. The Balaban J connectivity index is 2.46. The molecule has 0 heterocycles. The zero-order chi connectivity index (χ0) is 20.7. The number of benzene rings is 1. The molecule has 1 aliphatic rings. The van der Waals surface area contributed by atoms with Crippen molar-refractivity contribution in [1.82, 2.24) is 0 Å². The number of hydrogen-bond donors (Lipinski definition) is 0. The van der Waals surface area contributed by atoms with E-state index in [0.717, 1.165) is 21.7 Å². The standard InChI is InChI=1S/C24H28O3S/c1-6-7-19-10-15-23(26-16(2)3)21(24(19)27-17(4)5)13-14-22(25)18-8-11-20(28)12-9-18/h6,8-11,13-17H,1,7,12H2,2-5H3. The molecular weight excluding hydrogens is 368 g/mol. The number of ether oxygens (including phenoxy) is 2. The minimum absolute atomic E-state index is 0.00463. The van der Waals surface area contributed by atoms with Crippen LogP contribution in [0, 0.1) is 0 Å². The molecule has 0 fully saturated rings. The SMILES string of the molecule is C=CCc1ccc(OC(C)C)c(C=CC(=O)C2=CCC(=S)C=C2)c1OC(C)C. The largest absolute Gasteiger partial charge is 0.490 e. The lowest BCUT2D eigenvalue weighted by molar-refractivity contribution is -0.111. The molecule has 4 heteroatoms. The van der Waals surface area contributed by atoms with Gasteiger partial charge in [0.1, 0.15) is 11.5 Å². The molecule has 0 atom stereocenters. The van der Waals surface area contributed by atoms with Gasteiger partial charge in [0.2, 0.25) is 0 Å². The first kappa shape index (κ1) is 21.8. The number of ketones is 1. The van der Waals surface area contributed by atoms with Crippen LogP contribution in [0.25, 0.3) is 6.08 Å². The van der Waals surface area contributed by atoms with Crippen molar-refractivity contribution in [2.24, 2.45) is 0 Å². The number of carbonyl (C=O) groups excluding carboxylic acids is 1. The third-order valence-electron chi connectivity index (χ3n) is 3.98. The molecule has 0 N–H and O–H groups in total. The Morgan fingerprint density at radius 2 is 1.89 bits per heavy atom. The summed E-state index contributed by atoms with van der Waals surface area (Å²) in [5.74, 6) is 1.35. The van der Waals surface area contributed by atoms with Crippen LogP contribution in [0.1, 0.15) is 45.2 Å². The predicted molar refractivity (Wildman–Crippen MR) is 120 cm³/mol. The van der Waals surface area contributed by atoms with Gasteiger partial charge in [-0.3, -0.25) is 4.79 Å². The van der Waals surface area contributed by atoms with E-state index in [1.54, 1.807) is 18.2 Å². The minimum Gasteiger partial charge on any atom is -0.490 e. The summed E-state index contributed by atoms with van der Waals surface area (Å²) in [5.41, 5.74) is 2.42. The van der Waals surface area contributed by atoms with Crippen LogP contribution in [0.4, 0.5) is 0 Å². The van der Waals surface area contributed by atoms with Crippen molar-refractivity contribution in [1.29, 1.82) is 0 Å². The predicted octanol–water partition coefficient (Wildman–Crippen LogP) is 5.83. The van der Waals surface area contributed by atoms with Gasteiger partial charge < -0.3 is 9.47 Å². The van der Waals surface area contributed by atoms with E-state index in [9.17, 15) is 4.79 Å². The minimum atomic E-state index is -0.0705. The molecular formula is C24H28O3S. The van der Waals surface area contributed by atoms with Gasteiger partial charge in [0.05, 0.1) is 17.8 Å². The molecule has 0 unspecified atom stereocenters. The highest BCUT2D eigenvalue weighted by Crippen LogP contribution is 2.36. The summed E-state index contributed by atoms with van der Waals surface area (Å²) in [5, 5.41) is 0. The van der Waals surface area contributed by atoms with Crippen LogP contribution in [0.15, 0.2) is 54.7 Å². The summed E-state index contributed by atoms with van der Waals surface area (Å²) in [6.45, 7) is 11.7. The zero-order valence-corrected chi connectivity index (χ0v) is 17.8. The van der Waals surface area contributed by atoms with Crippen molar-refractivity contribution in [2.75, 3.05) is 0 Å². The van der Waals surface area contributed by atoms with Gasteiger partial charge >= 0.3 is 0 Å². The molecule has 0 saturated carbocycles. The number of hydrogen-bond acceptors (Lipinski definition) is 4. The van der Waals surface area contributed by atoms with Gasteiger partial charge in [-0.25, -0.2) is 0 Å². The van der Waals surface area contributed by atoms with Crippen molar-refractivity contribution in [3.05, 3.63) is 65.8 Å². The van der Waals surface area contributed by atoms with Gasteiger partial charge in [-0.15, -0.1) is 6.58 Å². The van der Waals surface area contributed by atoms with Crippen LogP contribution in [-0.4, -0.2) is 22.9 Å². The fourth-order valence-electron chi connectivity index (χ4n) is 2.80. The van der Waals surface area contributed by atoms with Gasteiger partial charge in [-0.2, -0.15) is 0 Å². The topological polar surface area (TPSA) is 35.5 Å². The lowest BCUT2D eigenvalue weighted by Gasteiger charge is -2.20. The molecule has 0 aromatic heterocycles. The third kappa shape index (κ3) is 6.03. The second-order valence-electron chi connectivity index (χ2n) is 7.15. The molecule has 0 spiro atoms. The van der Waals surface area contributed by atoms with Crippen LogP contribution < -0.4 is 9.47 Å². The number of thiocarbonyl (C=S) groups is 1. The van der Waals surface area contributed by atoms with Crippen LogP contribution in [0.5, 0.6) is 11.5 Å². The maximum Gasteiger partial charge on any atom is 0.185 e. The molecule has 148 valence electrons. The summed E-state index contributed by atoms with van der Waals surface area (Å²) in [4.78, 5) is 13.4. The Hall–Kier alpha value is -2.46. The normalized spacial score (nSPS) is 13.9. The average molecular weight is 397 g/mol. The van der Waals surface area contributed by atoms with E-state index in [-0.39, 0.29) is 18.0 Å². The van der Waals surface area contributed by atoms with Crippen LogP contribution >= 0.6 is 12.2 Å². The van der Waals surface area contributed by atoms with Gasteiger partial charge in [0.25, 0.3) is 0 Å². The van der Waals surface area contributed by atoms with E-state index in [4.69, 9.17) is 21.7 Å². The molecule has 1 aromatic rings.